The maximum atomic E-state index is 13.1. The average molecular weight is 961 g/mol. The van der Waals surface area contributed by atoms with Gasteiger partial charge in [0.25, 0.3) is 0 Å². The van der Waals surface area contributed by atoms with E-state index in [1.807, 2.05) is 0 Å². The molecule has 3 heterocycles. The van der Waals surface area contributed by atoms with Gasteiger partial charge >= 0.3 is 56.0 Å². The molecule has 334 valence electrons. The molecule has 3 aromatic carbocycles. The monoisotopic (exact) mass is 960 g/mol. The Labute approximate surface area is 392 Å². The number of carboxylic acids is 1. The van der Waals surface area contributed by atoms with Gasteiger partial charge in [-0.2, -0.15) is 26.2 Å². The second kappa shape index (κ2) is 31.2. The Kier molecular flexibility index (Phi) is 28.4. The van der Waals surface area contributed by atoms with Crippen molar-refractivity contribution in [2.24, 2.45) is 5.73 Å². The summed E-state index contributed by atoms with van der Waals surface area (Å²) in [5, 5.41) is 26.0. The number of rotatable bonds is 10. The van der Waals surface area contributed by atoms with Gasteiger partial charge in [0.2, 0.25) is 5.69 Å². The van der Waals surface area contributed by atoms with Crippen LogP contribution in [0.2, 0.25) is 5.15 Å². The predicted molar refractivity (Wildman–Crippen MR) is 224 cm³/mol. The minimum Gasteiger partial charge on any atom is -0.870 e. The molecule has 19 nitrogen and oxygen atoms in total. The van der Waals surface area contributed by atoms with Crippen molar-refractivity contribution in [3.8, 4) is 22.5 Å². The Morgan fingerprint density at radius 3 is 1.53 bits per heavy atom. The van der Waals surface area contributed by atoms with Crippen LogP contribution in [-0.2, 0) is 19.0 Å². The topological polar surface area (TPSA) is 294 Å². The van der Waals surface area contributed by atoms with E-state index in [9.17, 15) is 32.3 Å². The number of benzene rings is 3. The molecule has 0 bridgehead atoms. The van der Waals surface area contributed by atoms with E-state index < -0.39 is 48.8 Å². The van der Waals surface area contributed by atoms with E-state index in [1.54, 1.807) is 39.0 Å². The summed E-state index contributed by atoms with van der Waals surface area (Å²) in [7, 11) is -1.59. The third-order valence-corrected chi connectivity index (χ3v) is 8.52. The largest absolute Gasteiger partial charge is 1.00 e. The fourth-order valence-electron chi connectivity index (χ4n) is 3.95. The summed E-state index contributed by atoms with van der Waals surface area (Å²) in [6, 6.07) is 16.6. The SMILES string of the molecule is CCOC(=O)c1nsnc1-c1cccc(F)c1.CCOC(=O)c1nsnc1Cl.O=C(O)c1nsnc1-c1cccc(F)c1.OB(O)c1cccc(F)c1.[C-]#[N+]C(N)C(=O)OCC.[Li+].[OH-]. The molecule has 28 heteroatoms. The van der Waals surface area contributed by atoms with Gasteiger partial charge in [0.15, 0.2) is 16.5 Å². The molecule has 0 fully saturated rings. The molecular formula is C36H34BClF3LiN8O11S3. The number of nitrogens with zero attached hydrogens (tertiary/aromatic N) is 7. The first-order chi connectivity index (χ1) is 29.6. The fraction of sp³-hybridized carbons (Fsp3) is 0.194. The van der Waals surface area contributed by atoms with E-state index >= 15 is 0 Å². The summed E-state index contributed by atoms with van der Waals surface area (Å²) in [4.78, 5) is 46.4. The number of carbonyl (C=O) groups is 4. The van der Waals surface area contributed by atoms with Gasteiger partial charge < -0.3 is 34.8 Å². The van der Waals surface area contributed by atoms with Crippen LogP contribution in [0.15, 0.2) is 72.8 Å². The fourth-order valence-corrected chi connectivity index (χ4v) is 5.77. The molecule has 1 atom stereocenters. The van der Waals surface area contributed by atoms with Crippen LogP contribution >= 0.6 is 46.8 Å². The number of aromatic carboxylic acids is 1. The molecule has 0 amide bonds. The first-order valence-electron chi connectivity index (χ1n) is 17.2. The average Bonchev–Trinajstić information content (AvgIpc) is 4.04. The van der Waals surface area contributed by atoms with Gasteiger partial charge in [0.05, 0.1) is 55.0 Å². The predicted octanol–water partition coefficient (Wildman–Crippen LogP) is 2.02. The van der Waals surface area contributed by atoms with Crippen molar-refractivity contribution in [2.45, 2.75) is 26.9 Å². The number of halogens is 4. The number of esters is 3. The second-order valence-electron chi connectivity index (χ2n) is 10.8. The summed E-state index contributed by atoms with van der Waals surface area (Å²) < 4.78 is 74.8. The Morgan fingerprint density at radius 2 is 1.14 bits per heavy atom. The molecule has 1 unspecified atom stereocenters. The molecule has 3 aromatic heterocycles. The molecule has 0 saturated carbocycles. The van der Waals surface area contributed by atoms with E-state index in [0.717, 1.165) is 41.3 Å². The zero-order valence-electron chi connectivity index (χ0n) is 33.8. The Morgan fingerprint density at radius 1 is 0.719 bits per heavy atom. The molecule has 0 aliphatic carbocycles. The first-order valence-corrected chi connectivity index (χ1v) is 19.8. The standard InChI is InChI=1S/C11H9FN2O2S.C9H5FN2O2S.C6H6BFO2.C5H5ClN2O2S.C5H8N2O2.Li.H2O/c1-2-16-11(15)10-9(13-17-14-10)7-4-3-5-8(12)6-7;10-6-3-1-2-5(4-6)7-8(9(13)14)12-15-11-7;8-6-3-1-2-5(4-6)7(9)10;1-2-10-5(9)3-4(6)8-11-7-3;1-3-9-5(8)4(6)7-2;;/h3-6H,2H2,1H3;1-4H,(H,13,14);1-4,9-10H;2H2,1H3;4H,3,6H2,1H3;;1H2/q;;;;;+1;/p-1. The molecule has 6 N–H and O–H groups in total. The van der Waals surface area contributed by atoms with Crippen LogP contribution in [0.4, 0.5) is 13.2 Å². The van der Waals surface area contributed by atoms with E-state index in [2.05, 4.69) is 40.6 Å². The van der Waals surface area contributed by atoms with Crippen LogP contribution in [0.3, 0.4) is 0 Å². The molecule has 6 rings (SSSR count). The van der Waals surface area contributed by atoms with Gasteiger partial charge in [-0.25, -0.2) is 38.9 Å². The van der Waals surface area contributed by atoms with Crippen LogP contribution in [0.1, 0.15) is 52.2 Å². The summed E-state index contributed by atoms with van der Waals surface area (Å²) in [6.45, 7) is 12.2. The smallest absolute Gasteiger partial charge is 0.870 e. The first kappa shape index (κ1) is 58.3. The Bertz CT molecular complexity index is 2430. The number of nitrogens with two attached hydrogens (primary N) is 1. The molecular weight excluding hydrogens is 927 g/mol. The Hall–Kier alpha value is -5.71. The zero-order valence-corrected chi connectivity index (χ0v) is 37.0. The van der Waals surface area contributed by atoms with Crippen molar-refractivity contribution in [2.75, 3.05) is 19.8 Å². The number of ether oxygens (including phenoxy) is 3. The second-order valence-corrected chi connectivity index (χ2v) is 12.8. The number of aromatic nitrogens is 6. The molecule has 0 radical (unpaired) electrons. The van der Waals surface area contributed by atoms with Gasteiger partial charge in [0, 0.05) is 11.1 Å². The number of hydrogen-bond acceptors (Lipinski definition) is 20. The van der Waals surface area contributed by atoms with Gasteiger partial charge in [0.1, 0.15) is 28.8 Å². The minimum atomic E-state index is -1.59. The van der Waals surface area contributed by atoms with E-state index in [4.69, 9.17) is 43.8 Å². The maximum Gasteiger partial charge on any atom is 1.00 e. The van der Waals surface area contributed by atoms with Crippen LogP contribution < -0.4 is 30.1 Å². The van der Waals surface area contributed by atoms with E-state index in [0.29, 0.717) is 23.4 Å². The number of carbonyl (C=O) groups excluding carboxylic acids is 3. The van der Waals surface area contributed by atoms with Gasteiger partial charge in [-0.3, -0.25) is 10.6 Å². The molecule has 0 aliphatic heterocycles. The van der Waals surface area contributed by atoms with Crippen LogP contribution in [0, 0.1) is 24.0 Å². The van der Waals surface area contributed by atoms with Gasteiger partial charge in [-0.05, 0) is 62.6 Å². The Balaban J connectivity index is 0.000000786. The molecule has 0 aliphatic rings. The third-order valence-electron chi connectivity index (χ3n) is 6.58. The minimum absolute atomic E-state index is 0. The van der Waals surface area contributed by atoms with Crippen LogP contribution in [0.5, 0.6) is 0 Å². The van der Waals surface area contributed by atoms with Crippen LogP contribution in [-0.4, -0.2) is 104 Å². The molecule has 6 aromatic rings. The summed E-state index contributed by atoms with van der Waals surface area (Å²) in [6.07, 6.45) is -1.15. The normalized spacial score (nSPS) is 9.89. The van der Waals surface area contributed by atoms with E-state index in [1.165, 1.54) is 48.5 Å². The van der Waals surface area contributed by atoms with Gasteiger partial charge in [-0.15, -0.1) is 0 Å². The van der Waals surface area contributed by atoms with E-state index in [-0.39, 0.29) is 76.8 Å². The van der Waals surface area contributed by atoms with Crippen LogP contribution in [0.25, 0.3) is 27.4 Å². The zero-order chi connectivity index (χ0) is 46.2. The molecule has 0 saturated heterocycles. The summed E-state index contributed by atoms with van der Waals surface area (Å²) in [5.41, 5.74) is 6.70. The van der Waals surface area contributed by atoms with Gasteiger partial charge in [-0.1, -0.05) is 48.0 Å². The molecule has 0 spiro atoms. The number of carboxylic acid groups (broad SMARTS) is 1. The third kappa shape index (κ3) is 19.8. The van der Waals surface area contributed by atoms with Crippen molar-refractivity contribution >= 4 is 83.2 Å². The quantitative estimate of drug-likeness (QED) is 0.0661. The van der Waals surface area contributed by atoms with Crippen molar-refractivity contribution in [1.29, 1.82) is 0 Å². The van der Waals surface area contributed by atoms with Crippen molar-refractivity contribution < 1.29 is 86.1 Å². The molecule has 64 heavy (non-hydrogen) atoms. The summed E-state index contributed by atoms with van der Waals surface area (Å²) >= 11 is 8.08. The number of hydrogen-bond donors (Lipinski definition) is 4. The van der Waals surface area contributed by atoms with Crippen molar-refractivity contribution in [3.05, 3.63) is 124 Å². The van der Waals surface area contributed by atoms with Crippen molar-refractivity contribution in [1.82, 2.24) is 26.2 Å². The maximum absolute atomic E-state index is 13.1. The summed E-state index contributed by atoms with van der Waals surface area (Å²) in [5.74, 6) is -4.17. The van der Waals surface area contributed by atoms with Crippen molar-refractivity contribution in [3.63, 3.8) is 0 Å².